The Labute approximate surface area is 171 Å². The fraction of sp³-hybridized carbons (Fsp3) is 0.318. The van der Waals surface area contributed by atoms with Crippen molar-refractivity contribution < 1.29 is 13.2 Å². The van der Waals surface area contributed by atoms with Gasteiger partial charge >= 0.3 is 0 Å². The van der Waals surface area contributed by atoms with Crippen molar-refractivity contribution in [1.29, 1.82) is 0 Å². The molecule has 0 bridgehead atoms. The Morgan fingerprint density at radius 1 is 1.07 bits per heavy atom. The number of hydrogen-bond donors (Lipinski definition) is 2. The molecule has 4 rings (SSSR count). The molecule has 7 heteroatoms. The molecular formula is C22H25N3O3S. The molecule has 6 nitrogen and oxygen atoms in total. The van der Waals surface area contributed by atoms with Gasteiger partial charge in [0.05, 0.1) is 23.4 Å². The zero-order chi connectivity index (χ0) is 20.8. The molecule has 1 aliphatic rings. The average molecular weight is 412 g/mol. The molecule has 0 saturated heterocycles. The standard InChI is InChI=1S/C22H25N3O3S/c1-13-8-10-16(11-9-13)29(26,27)25-24-19-7-5-6-17-18-12-20(28-4)14(2)15(3)21(18)23-22(17)19/h8-12,23,25H,5-7H2,1-4H3/b24-19-. The molecular weight excluding hydrogens is 386 g/mol. The number of hydrazone groups is 1. The quantitative estimate of drug-likeness (QED) is 0.634. The molecule has 0 fully saturated rings. The first kappa shape index (κ1) is 19.5. The molecule has 1 aliphatic carbocycles. The van der Waals surface area contributed by atoms with Crippen molar-refractivity contribution >= 4 is 26.6 Å². The average Bonchev–Trinajstić information content (AvgIpc) is 3.09. The highest BCUT2D eigenvalue weighted by Crippen LogP contribution is 2.36. The van der Waals surface area contributed by atoms with Crippen LogP contribution in [0, 0.1) is 20.8 Å². The number of sulfonamides is 1. The van der Waals surface area contributed by atoms with Gasteiger partial charge in [-0.2, -0.15) is 18.4 Å². The van der Waals surface area contributed by atoms with Crippen molar-refractivity contribution in [2.75, 3.05) is 7.11 Å². The summed E-state index contributed by atoms with van der Waals surface area (Å²) in [6.45, 7) is 6.03. The van der Waals surface area contributed by atoms with Gasteiger partial charge in [0.25, 0.3) is 10.0 Å². The van der Waals surface area contributed by atoms with Gasteiger partial charge in [0.2, 0.25) is 0 Å². The van der Waals surface area contributed by atoms with Crippen molar-refractivity contribution in [1.82, 2.24) is 9.82 Å². The van der Waals surface area contributed by atoms with E-state index >= 15 is 0 Å². The van der Waals surface area contributed by atoms with Crippen LogP contribution in [0.15, 0.2) is 40.3 Å². The molecule has 3 aromatic rings. The minimum absolute atomic E-state index is 0.205. The number of methoxy groups -OCH3 is 1. The molecule has 0 aliphatic heterocycles. The smallest absolute Gasteiger partial charge is 0.276 e. The van der Waals surface area contributed by atoms with Crippen LogP contribution in [0.5, 0.6) is 5.75 Å². The van der Waals surface area contributed by atoms with Crippen LogP contribution in [0.25, 0.3) is 10.9 Å². The van der Waals surface area contributed by atoms with Crippen LogP contribution in [0.4, 0.5) is 0 Å². The van der Waals surface area contributed by atoms with Crippen LogP contribution in [0.2, 0.25) is 0 Å². The van der Waals surface area contributed by atoms with Gasteiger partial charge in [-0.25, -0.2) is 0 Å². The van der Waals surface area contributed by atoms with Gasteiger partial charge in [0.15, 0.2) is 0 Å². The van der Waals surface area contributed by atoms with E-state index in [4.69, 9.17) is 4.74 Å². The summed E-state index contributed by atoms with van der Waals surface area (Å²) in [5.74, 6) is 0.862. The SMILES string of the molecule is COc1cc2c3c([nH]c2c(C)c1C)/C(=N\NS(=O)(=O)c1ccc(C)cc1)CCC3. The number of fused-ring (bicyclic) bond motifs is 3. The Kier molecular flexibility index (Phi) is 4.86. The first-order valence-electron chi connectivity index (χ1n) is 9.66. The van der Waals surface area contributed by atoms with Crippen LogP contribution in [0.3, 0.4) is 0 Å². The molecule has 0 amide bonds. The lowest BCUT2D eigenvalue weighted by molar-refractivity contribution is 0.412. The number of aromatic nitrogens is 1. The zero-order valence-electron chi connectivity index (χ0n) is 17.1. The summed E-state index contributed by atoms with van der Waals surface area (Å²) >= 11 is 0. The minimum atomic E-state index is -3.71. The summed E-state index contributed by atoms with van der Waals surface area (Å²) in [6.07, 6.45) is 2.55. The number of benzene rings is 2. The highest BCUT2D eigenvalue weighted by molar-refractivity contribution is 7.89. The Bertz CT molecular complexity index is 1220. The van der Waals surface area contributed by atoms with Gasteiger partial charge in [-0.15, -0.1) is 0 Å². The summed E-state index contributed by atoms with van der Waals surface area (Å²) in [7, 11) is -2.03. The Balaban J connectivity index is 1.75. The fourth-order valence-electron chi connectivity index (χ4n) is 3.89. The van der Waals surface area contributed by atoms with Crippen molar-refractivity contribution in [3.05, 3.63) is 58.3 Å². The number of rotatable bonds is 4. The van der Waals surface area contributed by atoms with Gasteiger partial charge in [-0.05, 0) is 74.9 Å². The van der Waals surface area contributed by atoms with E-state index in [0.717, 1.165) is 57.6 Å². The third kappa shape index (κ3) is 3.40. The summed E-state index contributed by atoms with van der Waals surface area (Å²) in [4.78, 5) is 6.11. The fourth-order valence-corrected chi connectivity index (χ4v) is 4.72. The van der Waals surface area contributed by atoms with Gasteiger partial charge in [-0.3, -0.25) is 0 Å². The normalized spacial score (nSPS) is 15.5. The number of ether oxygens (including phenoxy) is 1. The summed E-state index contributed by atoms with van der Waals surface area (Å²) in [5, 5.41) is 5.42. The van der Waals surface area contributed by atoms with Crippen LogP contribution >= 0.6 is 0 Å². The molecule has 0 saturated carbocycles. The van der Waals surface area contributed by atoms with Crippen LogP contribution in [-0.2, 0) is 16.4 Å². The highest BCUT2D eigenvalue weighted by Gasteiger charge is 2.24. The molecule has 2 N–H and O–H groups in total. The summed E-state index contributed by atoms with van der Waals surface area (Å²) in [6, 6.07) is 8.79. The van der Waals surface area contributed by atoms with E-state index in [1.165, 1.54) is 5.56 Å². The molecule has 1 heterocycles. The number of aryl methyl sites for hydroxylation is 3. The number of H-pyrrole nitrogens is 1. The van der Waals surface area contributed by atoms with Gasteiger partial charge < -0.3 is 9.72 Å². The molecule has 0 radical (unpaired) electrons. The molecule has 2 aromatic carbocycles. The van der Waals surface area contributed by atoms with Gasteiger partial charge in [0.1, 0.15) is 5.75 Å². The predicted octanol–water partition coefficient (Wildman–Crippen LogP) is 4.12. The van der Waals surface area contributed by atoms with E-state index in [2.05, 4.69) is 27.9 Å². The van der Waals surface area contributed by atoms with Gasteiger partial charge in [0, 0.05) is 10.9 Å². The largest absolute Gasteiger partial charge is 0.496 e. The van der Waals surface area contributed by atoms with Crippen LogP contribution in [0.1, 0.15) is 40.8 Å². The lowest BCUT2D eigenvalue weighted by Gasteiger charge is -2.15. The summed E-state index contributed by atoms with van der Waals surface area (Å²) in [5.41, 5.74) is 7.10. The van der Waals surface area contributed by atoms with Crippen LogP contribution in [-0.4, -0.2) is 26.2 Å². The Morgan fingerprint density at radius 2 is 1.79 bits per heavy atom. The third-order valence-electron chi connectivity index (χ3n) is 5.71. The lowest BCUT2D eigenvalue weighted by atomic mass is 9.93. The first-order valence-corrected chi connectivity index (χ1v) is 11.1. The lowest BCUT2D eigenvalue weighted by Crippen LogP contribution is -2.22. The maximum Gasteiger partial charge on any atom is 0.276 e. The molecule has 1 aromatic heterocycles. The maximum absolute atomic E-state index is 12.6. The molecule has 0 spiro atoms. The summed E-state index contributed by atoms with van der Waals surface area (Å²) < 4.78 is 30.8. The van der Waals surface area contributed by atoms with Crippen molar-refractivity contribution in [2.45, 2.75) is 44.9 Å². The second kappa shape index (κ2) is 7.22. The Morgan fingerprint density at radius 3 is 2.48 bits per heavy atom. The van der Waals surface area contributed by atoms with Crippen molar-refractivity contribution in [2.24, 2.45) is 5.10 Å². The monoisotopic (exact) mass is 411 g/mol. The van der Waals surface area contributed by atoms with E-state index in [9.17, 15) is 8.42 Å². The van der Waals surface area contributed by atoms with Gasteiger partial charge in [-0.1, -0.05) is 17.7 Å². The molecule has 0 atom stereocenters. The second-order valence-electron chi connectivity index (χ2n) is 7.55. The second-order valence-corrected chi connectivity index (χ2v) is 9.21. The first-order chi connectivity index (χ1) is 13.8. The van der Waals surface area contributed by atoms with Crippen molar-refractivity contribution in [3.63, 3.8) is 0 Å². The van der Waals surface area contributed by atoms with Crippen LogP contribution < -0.4 is 9.57 Å². The number of nitrogens with one attached hydrogen (secondary N) is 2. The molecule has 152 valence electrons. The highest BCUT2D eigenvalue weighted by atomic mass is 32.2. The predicted molar refractivity (Wildman–Crippen MR) is 115 cm³/mol. The topological polar surface area (TPSA) is 83.5 Å². The molecule has 29 heavy (non-hydrogen) atoms. The molecule has 0 unspecified atom stereocenters. The Hall–Kier alpha value is -2.80. The zero-order valence-corrected chi connectivity index (χ0v) is 17.9. The van der Waals surface area contributed by atoms with E-state index in [0.29, 0.717) is 6.42 Å². The van der Waals surface area contributed by atoms with E-state index in [-0.39, 0.29) is 4.90 Å². The number of hydrogen-bond acceptors (Lipinski definition) is 4. The van der Waals surface area contributed by atoms with E-state index < -0.39 is 10.0 Å². The maximum atomic E-state index is 12.6. The minimum Gasteiger partial charge on any atom is -0.496 e. The van der Waals surface area contributed by atoms with E-state index in [1.807, 2.05) is 13.8 Å². The van der Waals surface area contributed by atoms with E-state index in [1.54, 1.807) is 31.4 Å². The number of nitrogens with zero attached hydrogens (tertiary/aromatic N) is 1. The van der Waals surface area contributed by atoms with Crippen molar-refractivity contribution in [3.8, 4) is 5.75 Å². The number of aromatic amines is 1. The third-order valence-corrected chi connectivity index (χ3v) is 6.93.